The minimum atomic E-state index is -1.93. The smallest absolute Gasteiger partial charge is 0.302 e. The highest BCUT2D eigenvalue weighted by atomic mass is 79.9. The second-order valence-electron chi connectivity index (χ2n) is 5.60. The van der Waals surface area contributed by atoms with E-state index in [0.29, 0.717) is 22.6 Å². The third-order valence-corrected chi connectivity index (χ3v) is 9.93. The molecule has 0 aliphatic rings. The SMILES string of the molecule is CC(C)[Si](Oc1ncc(Br)cn1)(C(C)C)C(C)C. The van der Waals surface area contributed by atoms with E-state index in [1.807, 2.05) is 0 Å². The van der Waals surface area contributed by atoms with Gasteiger partial charge >= 0.3 is 6.01 Å². The van der Waals surface area contributed by atoms with Crippen molar-refractivity contribution in [3.63, 3.8) is 0 Å². The molecule has 1 aromatic rings. The molecule has 1 aromatic heterocycles. The molecule has 0 atom stereocenters. The second-order valence-corrected chi connectivity index (χ2v) is 11.9. The van der Waals surface area contributed by atoms with Gasteiger partial charge in [0.05, 0.1) is 4.47 Å². The van der Waals surface area contributed by atoms with Crippen molar-refractivity contribution in [2.24, 2.45) is 0 Å². The Balaban J connectivity index is 3.08. The van der Waals surface area contributed by atoms with Gasteiger partial charge in [0.2, 0.25) is 0 Å². The highest BCUT2D eigenvalue weighted by Crippen LogP contribution is 2.41. The molecule has 0 fully saturated rings. The van der Waals surface area contributed by atoms with E-state index in [2.05, 4.69) is 67.4 Å². The predicted molar refractivity (Wildman–Crippen MR) is 81.4 cm³/mol. The molecule has 0 saturated carbocycles. The van der Waals surface area contributed by atoms with Crippen molar-refractivity contribution in [3.05, 3.63) is 16.9 Å². The summed E-state index contributed by atoms with van der Waals surface area (Å²) in [5.41, 5.74) is 1.60. The molecule has 0 aliphatic carbocycles. The fourth-order valence-corrected chi connectivity index (χ4v) is 8.20. The van der Waals surface area contributed by atoms with E-state index in [0.717, 1.165) is 4.47 Å². The molecule has 0 saturated heterocycles. The van der Waals surface area contributed by atoms with Crippen molar-refractivity contribution in [2.75, 3.05) is 0 Å². The molecular weight excluding hydrogens is 308 g/mol. The van der Waals surface area contributed by atoms with E-state index >= 15 is 0 Å². The summed E-state index contributed by atoms with van der Waals surface area (Å²) in [6.45, 7) is 13.5. The summed E-state index contributed by atoms with van der Waals surface area (Å²) < 4.78 is 7.21. The lowest BCUT2D eigenvalue weighted by Crippen LogP contribution is -2.51. The van der Waals surface area contributed by atoms with Crippen molar-refractivity contribution >= 4 is 24.2 Å². The Bertz CT molecular complexity index is 357. The molecule has 0 radical (unpaired) electrons. The topological polar surface area (TPSA) is 35.0 Å². The summed E-state index contributed by atoms with van der Waals surface area (Å²) >= 11 is 3.34. The van der Waals surface area contributed by atoms with Crippen LogP contribution in [0.5, 0.6) is 6.01 Å². The van der Waals surface area contributed by atoms with Gasteiger partial charge in [-0.15, -0.1) is 0 Å². The fourth-order valence-electron chi connectivity index (χ4n) is 2.86. The third-order valence-electron chi connectivity index (χ3n) is 3.57. The normalized spacial score (nSPS) is 12.6. The predicted octanol–water partition coefficient (Wildman–Crippen LogP) is 4.79. The molecule has 102 valence electrons. The van der Waals surface area contributed by atoms with E-state index in [1.54, 1.807) is 12.4 Å². The van der Waals surface area contributed by atoms with Gasteiger partial charge in [-0.25, -0.2) is 9.97 Å². The van der Waals surface area contributed by atoms with Crippen LogP contribution in [0.2, 0.25) is 16.6 Å². The first-order valence-corrected chi connectivity index (χ1v) is 9.40. The molecule has 5 heteroatoms. The van der Waals surface area contributed by atoms with Crippen LogP contribution in [0.1, 0.15) is 41.5 Å². The van der Waals surface area contributed by atoms with Gasteiger partial charge in [-0.3, -0.25) is 0 Å². The largest absolute Gasteiger partial charge is 0.516 e. The van der Waals surface area contributed by atoms with E-state index in [4.69, 9.17) is 4.43 Å². The van der Waals surface area contributed by atoms with Crippen LogP contribution in [0.3, 0.4) is 0 Å². The zero-order valence-corrected chi connectivity index (χ0v) is 14.7. The second kappa shape index (κ2) is 6.15. The van der Waals surface area contributed by atoms with Gasteiger partial charge in [-0.05, 0) is 32.6 Å². The average molecular weight is 331 g/mol. The summed E-state index contributed by atoms with van der Waals surface area (Å²) in [4.78, 5) is 8.53. The standard InChI is InChI=1S/C13H23BrN2OSi/c1-9(2)18(10(3)4,11(5)6)17-13-15-7-12(14)8-16-13/h7-11H,1-6H3. The average Bonchev–Trinajstić information content (AvgIpc) is 2.26. The lowest BCUT2D eigenvalue weighted by atomic mass is 10.5. The van der Waals surface area contributed by atoms with Crippen LogP contribution in [0.15, 0.2) is 16.9 Å². The van der Waals surface area contributed by atoms with E-state index in [1.165, 1.54) is 0 Å². The molecule has 0 unspecified atom stereocenters. The van der Waals surface area contributed by atoms with Crippen molar-refractivity contribution in [3.8, 4) is 6.01 Å². The molecule has 3 nitrogen and oxygen atoms in total. The van der Waals surface area contributed by atoms with Gasteiger partial charge in [-0.2, -0.15) is 0 Å². The maximum atomic E-state index is 6.34. The highest BCUT2D eigenvalue weighted by Gasteiger charge is 2.47. The van der Waals surface area contributed by atoms with Crippen LogP contribution in [0.4, 0.5) is 0 Å². The lowest BCUT2D eigenvalue weighted by molar-refractivity contribution is 0.446. The van der Waals surface area contributed by atoms with Crippen molar-refractivity contribution in [1.82, 2.24) is 9.97 Å². The maximum absolute atomic E-state index is 6.34. The van der Waals surface area contributed by atoms with Gasteiger partial charge in [-0.1, -0.05) is 41.5 Å². The number of hydrogen-bond acceptors (Lipinski definition) is 3. The highest BCUT2D eigenvalue weighted by molar-refractivity contribution is 9.10. The van der Waals surface area contributed by atoms with Crippen LogP contribution in [-0.2, 0) is 0 Å². The number of halogens is 1. The van der Waals surface area contributed by atoms with Crippen LogP contribution >= 0.6 is 15.9 Å². The quantitative estimate of drug-likeness (QED) is 0.728. The Hall–Kier alpha value is -0.423. The molecule has 0 spiro atoms. The third kappa shape index (κ3) is 3.12. The number of rotatable bonds is 5. The molecule has 1 rings (SSSR count). The van der Waals surface area contributed by atoms with Crippen LogP contribution in [0, 0.1) is 0 Å². The Morgan fingerprint density at radius 2 is 1.33 bits per heavy atom. The molecule has 0 aliphatic heterocycles. The summed E-state index contributed by atoms with van der Waals surface area (Å²) in [6, 6.07) is 0.515. The first kappa shape index (κ1) is 15.6. The van der Waals surface area contributed by atoms with E-state index < -0.39 is 8.32 Å². The number of hydrogen-bond donors (Lipinski definition) is 0. The summed E-state index contributed by atoms with van der Waals surface area (Å²) in [5.74, 6) is 0. The van der Waals surface area contributed by atoms with Crippen LogP contribution in [0.25, 0.3) is 0 Å². The Morgan fingerprint density at radius 3 is 1.67 bits per heavy atom. The molecule has 0 N–H and O–H groups in total. The summed E-state index contributed by atoms with van der Waals surface area (Å²) in [7, 11) is -1.93. The van der Waals surface area contributed by atoms with Crippen molar-refractivity contribution < 1.29 is 4.43 Å². The van der Waals surface area contributed by atoms with Gasteiger partial charge in [0.25, 0.3) is 8.32 Å². The first-order valence-electron chi connectivity index (χ1n) is 6.47. The number of nitrogens with zero attached hydrogens (tertiary/aromatic N) is 2. The molecule has 0 amide bonds. The molecular formula is C13H23BrN2OSi. The van der Waals surface area contributed by atoms with Crippen molar-refractivity contribution in [2.45, 2.75) is 58.2 Å². The monoisotopic (exact) mass is 330 g/mol. The zero-order chi connectivity index (χ0) is 13.9. The van der Waals surface area contributed by atoms with E-state index in [-0.39, 0.29) is 0 Å². The molecule has 1 heterocycles. The molecule has 18 heavy (non-hydrogen) atoms. The number of aromatic nitrogens is 2. The minimum absolute atomic E-state index is 0.515. The van der Waals surface area contributed by atoms with Crippen molar-refractivity contribution in [1.29, 1.82) is 0 Å². The van der Waals surface area contributed by atoms with E-state index in [9.17, 15) is 0 Å². The van der Waals surface area contributed by atoms with Crippen LogP contribution in [-0.4, -0.2) is 18.3 Å². The first-order chi connectivity index (χ1) is 8.30. The summed E-state index contributed by atoms with van der Waals surface area (Å²) in [6.07, 6.45) is 3.48. The zero-order valence-electron chi connectivity index (χ0n) is 12.1. The molecule has 0 bridgehead atoms. The Kier molecular flexibility index (Phi) is 5.34. The van der Waals surface area contributed by atoms with Gasteiger partial charge < -0.3 is 4.43 Å². The Labute approximate surface area is 120 Å². The van der Waals surface area contributed by atoms with Gasteiger partial charge in [0.15, 0.2) is 0 Å². The summed E-state index contributed by atoms with van der Waals surface area (Å²) in [5, 5.41) is 0. The minimum Gasteiger partial charge on any atom is -0.516 e. The maximum Gasteiger partial charge on any atom is 0.302 e. The Morgan fingerprint density at radius 1 is 0.944 bits per heavy atom. The fraction of sp³-hybridized carbons (Fsp3) is 0.692. The van der Waals surface area contributed by atoms with Gasteiger partial charge in [0, 0.05) is 12.4 Å². The molecule has 0 aromatic carbocycles. The van der Waals surface area contributed by atoms with Crippen LogP contribution < -0.4 is 4.43 Å². The lowest BCUT2D eigenvalue weighted by Gasteiger charge is -2.41. The van der Waals surface area contributed by atoms with Gasteiger partial charge in [0.1, 0.15) is 0 Å².